The Kier molecular flexibility index (Phi) is 5.49. The first kappa shape index (κ1) is 18.6. The molecule has 1 amide bonds. The van der Waals surface area contributed by atoms with Crippen LogP contribution in [0.5, 0.6) is 5.75 Å². The van der Waals surface area contributed by atoms with Crippen LogP contribution in [0.15, 0.2) is 36.7 Å². The first-order valence-electron chi connectivity index (χ1n) is 8.75. The molecule has 27 heavy (non-hydrogen) atoms. The molecule has 0 unspecified atom stereocenters. The number of nitrogens with one attached hydrogen (secondary N) is 1. The van der Waals surface area contributed by atoms with Gasteiger partial charge in [-0.25, -0.2) is 15.0 Å². The van der Waals surface area contributed by atoms with E-state index in [0.29, 0.717) is 24.5 Å². The van der Waals surface area contributed by atoms with Crippen LogP contribution in [-0.4, -0.2) is 32.5 Å². The number of imidazole rings is 1. The molecule has 3 rings (SSSR count). The second kappa shape index (κ2) is 7.99. The van der Waals surface area contributed by atoms with Crippen molar-refractivity contribution < 1.29 is 9.53 Å². The number of hydrogen-bond donors (Lipinski definition) is 1. The van der Waals surface area contributed by atoms with E-state index in [0.717, 1.165) is 28.5 Å². The largest absolute Gasteiger partial charge is 0.497 e. The van der Waals surface area contributed by atoms with Gasteiger partial charge in [0.05, 0.1) is 30.9 Å². The van der Waals surface area contributed by atoms with E-state index >= 15 is 0 Å². The summed E-state index contributed by atoms with van der Waals surface area (Å²) in [6.07, 6.45) is 4.26. The third kappa shape index (κ3) is 4.31. The van der Waals surface area contributed by atoms with E-state index in [1.165, 1.54) is 0 Å². The third-order valence-electron chi connectivity index (χ3n) is 4.43. The Morgan fingerprint density at radius 1 is 1.11 bits per heavy atom. The van der Waals surface area contributed by atoms with Crippen LogP contribution in [0.25, 0.3) is 5.95 Å². The smallest absolute Gasteiger partial charge is 0.235 e. The predicted octanol–water partition coefficient (Wildman–Crippen LogP) is 3.17. The molecule has 1 N–H and O–H groups in total. The molecule has 0 aliphatic rings. The van der Waals surface area contributed by atoms with Gasteiger partial charge in [0.15, 0.2) is 0 Å². The van der Waals surface area contributed by atoms with Crippen LogP contribution < -0.4 is 10.1 Å². The van der Waals surface area contributed by atoms with Crippen molar-refractivity contribution in [3.8, 4) is 11.7 Å². The molecule has 140 valence electrons. The number of ether oxygens (including phenoxy) is 1. The second-order valence-corrected chi connectivity index (χ2v) is 6.33. The van der Waals surface area contributed by atoms with E-state index in [1.54, 1.807) is 19.5 Å². The number of aryl methyl sites for hydroxylation is 3. The molecule has 1 aromatic carbocycles. The lowest BCUT2D eigenvalue weighted by molar-refractivity contribution is -0.116. The first-order valence-corrected chi connectivity index (χ1v) is 8.75. The van der Waals surface area contributed by atoms with Gasteiger partial charge >= 0.3 is 0 Å². The van der Waals surface area contributed by atoms with Crippen molar-refractivity contribution >= 4 is 11.6 Å². The Balaban J connectivity index is 1.59. The molecule has 0 atom stereocenters. The average molecular weight is 365 g/mol. The molecule has 7 nitrogen and oxygen atoms in total. The summed E-state index contributed by atoms with van der Waals surface area (Å²) in [5, 5.41) is 2.83. The molecule has 0 aliphatic carbocycles. The van der Waals surface area contributed by atoms with Crippen molar-refractivity contribution in [3.05, 3.63) is 59.4 Å². The normalized spacial score (nSPS) is 10.7. The summed E-state index contributed by atoms with van der Waals surface area (Å²) in [4.78, 5) is 25.3. The number of carbonyl (C=O) groups excluding carboxylic acids is 1. The SMILES string of the molecule is COc1ccc(CCC(=O)Nc2cnc(-n3c(C)nc(C)c3C)nc2)cc1. The lowest BCUT2D eigenvalue weighted by atomic mass is 10.1. The Morgan fingerprint density at radius 3 is 2.33 bits per heavy atom. The molecule has 0 spiro atoms. The van der Waals surface area contributed by atoms with Gasteiger partial charge in [-0.15, -0.1) is 0 Å². The van der Waals surface area contributed by atoms with E-state index in [2.05, 4.69) is 20.3 Å². The van der Waals surface area contributed by atoms with Crippen LogP contribution in [0, 0.1) is 20.8 Å². The summed E-state index contributed by atoms with van der Waals surface area (Å²) in [5.41, 5.74) is 3.61. The van der Waals surface area contributed by atoms with Crippen molar-refractivity contribution in [2.45, 2.75) is 33.6 Å². The van der Waals surface area contributed by atoms with Crippen LogP contribution in [0.1, 0.15) is 29.2 Å². The summed E-state index contributed by atoms with van der Waals surface area (Å²) in [6, 6.07) is 7.70. The number of rotatable bonds is 6. The van der Waals surface area contributed by atoms with Crippen LogP contribution in [-0.2, 0) is 11.2 Å². The van der Waals surface area contributed by atoms with Crippen LogP contribution in [0.3, 0.4) is 0 Å². The first-order chi connectivity index (χ1) is 13.0. The van der Waals surface area contributed by atoms with E-state index in [4.69, 9.17) is 4.74 Å². The maximum absolute atomic E-state index is 12.2. The summed E-state index contributed by atoms with van der Waals surface area (Å²) in [7, 11) is 1.63. The minimum atomic E-state index is -0.0759. The highest BCUT2D eigenvalue weighted by Crippen LogP contribution is 2.16. The van der Waals surface area contributed by atoms with Crippen molar-refractivity contribution in [1.29, 1.82) is 0 Å². The number of amides is 1. The molecule has 3 aromatic rings. The van der Waals surface area contributed by atoms with Gasteiger partial charge in [-0.05, 0) is 44.9 Å². The van der Waals surface area contributed by atoms with Gasteiger partial charge < -0.3 is 10.1 Å². The second-order valence-electron chi connectivity index (χ2n) is 6.33. The quantitative estimate of drug-likeness (QED) is 0.725. The number of benzene rings is 1. The Bertz CT molecular complexity index is 930. The molecular formula is C20H23N5O2. The number of anilines is 1. The van der Waals surface area contributed by atoms with E-state index in [1.807, 2.05) is 49.6 Å². The third-order valence-corrected chi connectivity index (χ3v) is 4.43. The van der Waals surface area contributed by atoms with E-state index in [-0.39, 0.29) is 5.91 Å². The fraction of sp³-hybridized carbons (Fsp3) is 0.300. The van der Waals surface area contributed by atoms with Gasteiger partial charge in [-0.2, -0.15) is 0 Å². The lowest BCUT2D eigenvalue weighted by Gasteiger charge is -2.08. The number of carbonyl (C=O) groups is 1. The maximum atomic E-state index is 12.2. The summed E-state index contributed by atoms with van der Waals surface area (Å²) in [5.74, 6) is 2.11. The molecule has 2 aromatic heterocycles. The number of aromatic nitrogens is 4. The zero-order valence-corrected chi connectivity index (χ0v) is 16.0. The van der Waals surface area contributed by atoms with E-state index < -0.39 is 0 Å². The molecule has 0 saturated heterocycles. The van der Waals surface area contributed by atoms with Gasteiger partial charge in [0.25, 0.3) is 0 Å². The molecule has 0 aliphatic heterocycles. The highest BCUT2D eigenvalue weighted by molar-refractivity contribution is 5.90. The number of methoxy groups -OCH3 is 1. The van der Waals surface area contributed by atoms with Crippen molar-refractivity contribution in [3.63, 3.8) is 0 Å². The molecule has 7 heteroatoms. The highest BCUT2D eigenvalue weighted by Gasteiger charge is 2.12. The highest BCUT2D eigenvalue weighted by atomic mass is 16.5. The molecule has 0 fully saturated rings. The Hall–Kier alpha value is -3.22. The predicted molar refractivity (Wildman–Crippen MR) is 103 cm³/mol. The van der Waals surface area contributed by atoms with Crippen molar-refractivity contribution in [1.82, 2.24) is 19.5 Å². The number of hydrogen-bond acceptors (Lipinski definition) is 5. The minimum absolute atomic E-state index is 0.0759. The standard InChI is InChI=1S/C20H23N5O2/c1-13-14(2)25(15(3)23-13)20-21-11-17(12-22-20)24-19(26)10-7-16-5-8-18(27-4)9-6-16/h5-6,8-9,11-12H,7,10H2,1-4H3,(H,24,26). The summed E-state index contributed by atoms with van der Waals surface area (Å²) < 4.78 is 7.03. The summed E-state index contributed by atoms with van der Waals surface area (Å²) in [6.45, 7) is 5.85. The molecule has 0 radical (unpaired) electrons. The van der Waals surface area contributed by atoms with Gasteiger partial charge in [-0.3, -0.25) is 9.36 Å². The Labute approximate surface area is 158 Å². The molecular weight excluding hydrogens is 342 g/mol. The fourth-order valence-electron chi connectivity index (χ4n) is 2.85. The van der Waals surface area contributed by atoms with Crippen molar-refractivity contribution in [2.24, 2.45) is 0 Å². The lowest BCUT2D eigenvalue weighted by Crippen LogP contribution is -2.13. The molecule has 0 saturated carbocycles. The van der Waals surface area contributed by atoms with Crippen LogP contribution >= 0.6 is 0 Å². The molecule has 2 heterocycles. The van der Waals surface area contributed by atoms with Crippen LogP contribution in [0.2, 0.25) is 0 Å². The van der Waals surface area contributed by atoms with Crippen molar-refractivity contribution in [2.75, 3.05) is 12.4 Å². The summed E-state index contributed by atoms with van der Waals surface area (Å²) >= 11 is 0. The van der Waals surface area contributed by atoms with E-state index in [9.17, 15) is 4.79 Å². The Morgan fingerprint density at radius 2 is 1.78 bits per heavy atom. The van der Waals surface area contributed by atoms with Gasteiger partial charge in [-0.1, -0.05) is 12.1 Å². The number of nitrogens with zero attached hydrogens (tertiary/aromatic N) is 4. The average Bonchev–Trinajstić information content (AvgIpc) is 2.93. The zero-order valence-electron chi connectivity index (χ0n) is 16.0. The molecule has 0 bridgehead atoms. The monoisotopic (exact) mass is 365 g/mol. The maximum Gasteiger partial charge on any atom is 0.235 e. The fourth-order valence-corrected chi connectivity index (χ4v) is 2.85. The van der Waals surface area contributed by atoms with Gasteiger partial charge in [0.2, 0.25) is 11.9 Å². The zero-order chi connectivity index (χ0) is 19.4. The minimum Gasteiger partial charge on any atom is -0.497 e. The van der Waals surface area contributed by atoms with Gasteiger partial charge in [0.1, 0.15) is 11.6 Å². The van der Waals surface area contributed by atoms with Gasteiger partial charge in [0, 0.05) is 12.1 Å². The topological polar surface area (TPSA) is 81.9 Å². The van der Waals surface area contributed by atoms with Crippen LogP contribution in [0.4, 0.5) is 5.69 Å².